The van der Waals surface area contributed by atoms with Gasteiger partial charge in [0.25, 0.3) is 0 Å². The van der Waals surface area contributed by atoms with E-state index >= 15 is 0 Å². The first-order valence-corrected chi connectivity index (χ1v) is 15.6. The molecule has 0 unspecified atom stereocenters. The van der Waals surface area contributed by atoms with Gasteiger partial charge in [-0.15, -0.1) is 0 Å². The van der Waals surface area contributed by atoms with E-state index in [9.17, 15) is 0 Å². The van der Waals surface area contributed by atoms with E-state index in [1.54, 1.807) is 0 Å². The van der Waals surface area contributed by atoms with Crippen LogP contribution in [0.15, 0.2) is 192 Å². The Labute approximate surface area is 269 Å². The highest BCUT2D eigenvalue weighted by Gasteiger charge is 2.21. The molecule has 0 radical (unpaired) electrons. The van der Waals surface area contributed by atoms with Crippen LogP contribution in [0.1, 0.15) is 0 Å². The van der Waals surface area contributed by atoms with E-state index < -0.39 is 0 Å². The number of fused-ring (bicyclic) bond motifs is 1. The van der Waals surface area contributed by atoms with Gasteiger partial charge in [-0.3, -0.25) is 0 Å². The fraction of sp³-hybridized carbons (Fsp3) is 0. The number of anilines is 3. The zero-order valence-electron chi connectivity index (χ0n) is 25.3. The summed E-state index contributed by atoms with van der Waals surface area (Å²) in [4.78, 5) is 2.36. The lowest BCUT2D eigenvalue weighted by Gasteiger charge is -2.28. The Morgan fingerprint density at radius 3 is 1.46 bits per heavy atom. The molecule has 0 N–H and O–H groups in total. The molecular weight excluding hydrogens is 558 g/mol. The summed E-state index contributed by atoms with van der Waals surface area (Å²) in [6.45, 7) is 0. The van der Waals surface area contributed by atoms with Crippen LogP contribution in [0.3, 0.4) is 0 Å². The molecule has 2 heteroatoms. The quantitative estimate of drug-likeness (QED) is 0.184. The van der Waals surface area contributed by atoms with Gasteiger partial charge in [0.1, 0.15) is 11.3 Å². The Morgan fingerprint density at radius 1 is 0.348 bits per heavy atom. The van der Waals surface area contributed by atoms with Gasteiger partial charge in [0, 0.05) is 22.3 Å². The maximum atomic E-state index is 6.45. The van der Waals surface area contributed by atoms with Crippen molar-refractivity contribution < 1.29 is 4.42 Å². The molecule has 7 aromatic carbocycles. The number of nitrogens with zero attached hydrogens (tertiary/aromatic N) is 1. The Bertz CT molecular complexity index is 2140. The van der Waals surface area contributed by atoms with Gasteiger partial charge in [-0.05, 0) is 88.0 Å². The lowest BCUT2D eigenvalue weighted by molar-refractivity contribution is 0.631. The first-order valence-electron chi connectivity index (χ1n) is 15.6. The minimum Gasteiger partial charge on any atom is -0.456 e. The number of rotatable bonds is 7. The van der Waals surface area contributed by atoms with E-state index in [-0.39, 0.29) is 0 Å². The van der Waals surface area contributed by atoms with Crippen LogP contribution in [0, 0.1) is 0 Å². The normalized spacial score (nSPS) is 11.0. The Kier molecular flexibility index (Phi) is 7.22. The maximum absolute atomic E-state index is 6.45. The highest BCUT2D eigenvalue weighted by atomic mass is 16.3. The van der Waals surface area contributed by atoms with E-state index in [0.29, 0.717) is 0 Å². The topological polar surface area (TPSA) is 16.4 Å². The van der Waals surface area contributed by atoms with Gasteiger partial charge < -0.3 is 9.32 Å². The number of hydrogen-bond donors (Lipinski definition) is 0. The number of benzene rings is 7. The third-order valence-corrected chi connectivity index (χ3v) is 8.46. The van der Waals surface area contributed by atoms with Crippen LogP contribution < -0.4 is 4.90 Å². The molecule has 2 nitrogen and oxygen atoms in total. The van der Waals surface area contributed by atoms with Gasteiger partial charge in [-0.2, -0.15) is 0 Å². The molecule has 0 aliphatic rings. The van der Waals surface area contributed by atoms with Crippen LogP contribution in [0.25, 0.3) is 55.7 Å². The van der Waals surface area contributed by atoms with Crippen molar-refractivity contribution in [1.82, 2.24) is 0 Å². The van der Waals surface area contributed by atoms with E-state index in [2.05, 4.69) is 175 Å². The Balaban J connectivity index is 1.36. The van der Waals surface area contributed by atoms with Crippen LogP contribution in [0.2, 0.25) is 0 Å². The van der Waals surface area contributed by atoms with Gasteiger partial charge in [0.15, 0.2) is 0 Å². The summed E-state index contributed by atoms with van der Waals surface area (Å²) in [5, 5.41) is 1.09. The van der Waals surface area contributed by atoms with Crippen LogP contribution >= 0.6 is 0 Å². The molecule has 0 saturated heterocycles. The second-order valence-corrected chi connectivity index (χ2v) is 11.4. The van der Waals surface area contributed by atoms with Gasteiger partial charge >= 0.3 is 0 Å². The highest BCUT2D eigenvalue weighted by Crippen LogP contribution is 2.44. The molecule has 0 spiro atoms. The monoisotopic (exact) mass is 589 g/mol. The van der Waals surface area contributed by atoms with Gasteiger partial charge in [-0.1, -0.05) is 133 Å². The molecule has 0 aliphatic heterocycles. The fourth-order valence-electron chi connectivity index (χ4n) is 6.19. The molecule has 8 aromatic rings. The molecule has 46 heavy (non-hydrogen) atoms. The summed E-state index contributed by atoms with van der Waals surface area (Å²) in [7, 11) is 0. The van der Waals surface area contributed by atoms with Crippen molar-refractivity contribution in [2.75, 3.05) is 4.90 Å². The van der Waals surface area contributed by atoms with Crippen LogP contribution in [-0.2, 0) is 0 Å². The average molecular weight is 590 g/mol. The van der Waals surface area contributed by atoms with Gasteiger partial charge in [0.2, 0.25) is 0 Å². The Hall–Kier alpha value is -6.12. The SMILES string of the molecule is c1ccc(-c2ccc(N(c3cc(-c4ccccc4)cc(-c4ccccc4)c3)c3ccccc3-c3cc4ccccc4o3)cc2)cc1. The summed E-state index contributed by atoms with van der Waals surface area (Å²) < 4.78 is 6.45. The summed E-state index contributed by atoms with van der Waals surface area (Å²) in [5.74, 6) is 0.838. The van der Waals surface area contributed by atoms with Crippen molar-refractivity contribution in [3.63, 3.8) is 0 Å². The molecule has 0 amide bonds. The molecule has 0 atom stereocenters. The van der Waals surface area contributed by atoms with E-state index in [1.165, 1.54) is 22.3 Å². The van der Waals surface area contributed by atoms with Crippen LogP contribution in [-0.4, -0.2) is 0 Å². The zero-order chi connectivity index (χ0) is 30.7. The first kappa shape index (κ1) is 27.4. The van der Waals surface area contributed by atoms with E-state index in [4.69, 9.17) is 4.42 Å². The standard InChI is InChI=1S/C44H31NO/c1-4-14-32(15-5-1)35-24-26-39(27-25-35)45(42-22-12-11-21-41(42)44-31-36-20-10-13-23-43(36)46-44)40-29-37(33-16-6-2-7-17-33)28-38(30-40)34-18-8-3-9-19-34/h1-31H. The summed E-state index contributed by atoms with van der Waals surface area (Å²) in [6, 6.07) is 66.3. The predicted molar refractivity (Wildman–Crippen MR) is 193 cm³/mol. The number of hydrogen-bond acceptors (Lipinski definition) is 2. The third kappa shape index (κ3) is 5.38. The summed E-state index contributed by atoms with van der Waals surface area (Å²) >= 11 is 0. The molecule has 0 bridgehead atoms. The van der Waals surface area contributed by atoms with Crippen LogP contribution in [0.5, 0.6) is 0 Å². The Morgan fingerprint density at radius 2 is 0.848 bits per heavy atom. The van der Waals surface area contributed by atoms with Crippen LogP contribution in [0.4, 0.5) is 17.1 Å². The predicted octanol–water partition coefficient (Wildman–Crippen LogP) is 12.6. The molecule has 0 saturated carbocycles. The average Bonchev–Trinajstić information content (AvgIpc) is 3.58. The molecule has 1 aromatic heterocycles. The lowest BCUT2D eigenvalue weighted by atomic mass is 9.96. The maximum Gasteiger partial charge on any atom is 0.137 e. The second kappa shape index (κ2) is 12.1. The molecule has 0 fully saturated rings. The van der Waals surface area contributed by atoms with Gasteiger partial charge in [0.05, 0.1) is 5.69 Å². The van der Waals surface area contributed by atoms with Gasteiger partial charge in [-0.25, -0.2) is 0 Å². The smallest absolute Gasteiger partial charge is 0.137 e. The van der Waals surface area contributed by atoms with Crippen molar-refractivity contribution in [1.29, 1.82) is 0 Å². The lowest BCUT2D eigenvalue weighted by Crippen LogP contribution is -2.11. The second-order valence-electron chi connectivity index (χ2n) is 11.4. The fourth-order valence-corrected chi connectivity index (χ4v) is 6.19. The number of furan rings is 1. The number of para-hydroxylation sites is 2. The molecule has 0 aliphatic carbocycles. The largest absolute Gasteiger partial charge is 0.456 e. The van der Waals surface area contributed by atoms with Crippen molar-refractivity contribution >= 4 is 28.0 Å². The highest BCUT2D eigenvalue weighted by molar-refractivity contribution is 5.92. The summed E-state index contributed by atoms with van der Waals surface area (Å²) in [5.41, 5.74) is 12.1. The van der Waals surface area contributed by atoms with Crippen molar-refractivity contribution in [2.45, 2.75) is 0 Å². The van der Waals surface area contributed by atoms with Crippen molar-refractivity contribution in [2.24, 2.45) is 0 Å². The minimum atomic E-state index is 0.838. The van der Waals surface area contributed by atoms with Crippen molar-refractivity contribution in [3.05, 3.63) is 188 Å². The molecule has 218 valence electrons. The molecular formula is C44H31NO. The summed E-state index contributed by atoms with van der Waals surface area (Å²) in [6.07, 6.45) is 0. The zero-order valence-corrected chi connectivity index (χ0v) is 25.3. The van der Waals surface area contributed by atoms with Crippen molar-refractivity contribution in [3.8, 4) is 44.7 Å². The van der Waals surface area contributed by atoms with E-state index in [0.717, 1.165) is 50.5 Å². The minimum absolute atomic E-state index is 0.838. The molecule has 8 rings (SSSR count). The first-order chi connectivity index (χ1) is 22.8. The molecule has 1 heterocycles. The third-order valence-electron chi connectivity index (χ3n) is 8.46. The van der Waals surface area contributed by atoms with E-state index in [1.807, 2.05) is 18.2 Å².